The highest BCUT2D eigenvalue weighted by Gasteiger charge is 2.42. The monoisotopic (exact) mass is 234 g/mol. The van der Waals surface area contributed by atoms with Crippen molar-refractivity contribution in [2.45, 2.75) is 29.3 Å². The summed E-state index contributed by atoms with van der Waals surface area (Å²) in [6.07, 6.45) is -2.98. The van der Waals surface area contributed by atoms with Gasteiger partial charge in [0, 0.05) is 0 Å². The van der Waals surface area contributed by atoms with E-state index in [2.05, 4.69) is 0 Å². The minimum atomic E-state index is -1.30. The Kier molecular flexibility index (Phi) is 3.89. The zero-order chi connectivity index (χ0) is 9.30. The van der Waals surface area contributed by atoms with Gasteiger partial charge in [0.1, 0.15) is 6.10 Å². The lowest BCUT2D eigenvalue weighted by Crippen LogP contribution is -2.53. The van der Waals surface area contributed by atoms with Crippen LogP contribution in [0.2, 0.25) is 0 Å². The lowest BCUT2D eigenvalue weighted by Gasteiger charge is -2.36. The number of rotatable bonds is 1. The summed E-state index contributed by atoms with van der Waals surface area (Å²) in [5, 5.41) is 17.0. The molecular formula is C6H9Cl3O3. The van der Waals surface area contributed by atoms with E-state index in [4.69, 9.17) is 44.6 Å². The first-order valence-corrected chi connectivity index (χ1v) is 4.84. The quantitative estimate of drug-likeness (QED) is 0.652. The summed E-state index contributed by atoms with van der Waals surface area (Å²) in [6, 6.07) is 0. The van der Waals surface area contributed by atoms with Crippen LogP contribution in [0.25, 0.3) is 0 Å². The predicted molar refractivity (Wildman–Crippen MR) is 46.9 cm³/mol. The topological polar surface area (TPSA) is 49.7 Å². The Hall–Kier alpha value is 0.750. The van der Waals surface area contributed by atoms with Gasteiger partial charge in [0.25, 0.3) is 0 Å². The molecule has 2 N–H and O–H groups in total. The van der Waals surface area contributed by atoms with Crippen LogP contribution in [0.3, 0.4) is 0 Å². The summed E-state index contributed by atoms with van der Waals surface area (Å²) in [5.74, 6) is 0.140. The first-order chi connectivity index (χ1) is 5.57. The summed E-state index contributed by atoms with van der Waals surface area (Å²) >= 11 is 17.0. The molecule has 0 aliphatic carbocycles. The van der Waals surface area contributed by atoms with Gasteiger partial charge in [0.15, 0.2) is 6.29 Å². The maximum atomic E-state index is 9.20. The molecule has 6 heteroatoms. The molecule has 0 aromatic carbocycles. The number of halogens is 3. The third kappa shape index (κ3) is 1.97. The van der Waals surface area contributed by atoms with E-state index in [1.807, 2.05) is 0 Å². The Morgan fingerprint density at radius 3 is 2.25 bits per heavy atom. The average molecular weight is 235 g/mol. The predicted octanol–water partition coefficient (Wildman–Crippen LogP) is 0.518. The molecular weight excluding hydrogens is 226 g/mol. The van der Waals surface area contributed by atoms with E-state index in [0.29, 0.717) is 0 Å². The fourth-order valence-electron chi connectivity index (χ4n) is 1.01. The maximum Gasteiger partial charge on any atom is 0.182 e. The fourth-order valence-corrected chi connectivity index (χ4v) is 1.95. The molecule has 1 aliphatic heterocycles. The number of alkyl halides is 3. The largest absolute Gasteiger partial charge is 0.386 e. The summed E-state index contributed by atoms with van der Waals surface area (Å²) in [4.78, 5) is 0. The molecule has 0 spiro atoms. The van der Waals surface area contributed by atoms with Crippen molar-refractivity contribution in [3.05, 3.63) is 0 Å². The van der Waals surface area contributed by atoms with Crippen molar-refractivity contribution in [1.29, 1.82) is 0 Å². The number of ether oxygens (including phenoxy) is 1. The molecule has 1 fully saturated rings. The van der Waals surface area contributed by atoms with Gasteiger partial charge in [0.2, 0.25) is 0 Å². The van der Waals surface area contributed by atoms with Gasteiger partial charge in [-0.25, -0.2) is 0 Å². The molecule has 1 heterocycles. The minimum absolute atomic E-state index is 0.140. The van der Waals surface area contributed by atoms with Crippen molar-refractivity contribution >= 4 is 34.8 Å². The molecule has 0 unspecified atom stereocenters. The Balaban J connectivity index is 2.63. The maximum absolute atomic E-state index is 9.20. The number of aliphatic hydroxyl groups excluding tert-OH is 2. The summed E-state index contributed by atoms with van der Waals surface area (Å²) in [5.41, 5.74) is 0. The fraction of sp³-hybridized carbons (Fsp3) is 1.00. The molecule has 72 valence electrons. The van der Waals surface area contributed by atoms with Gasteiger partial charge in [-0.05, 0) is 0 Å². The number of aliphatic hydroxyl groups is 2. The second-order valence-electron chi connectivity index (χ2n) is 2.60. The number of hydrogen-bond donors (Lipinski definition) is 2. The van der Waals surface area contributed by atoms with E-state index in [-0.39, 0.29) is 5.88 Å². The Morgan fingerprint density at radius 1 is 1.17 bits per heavy atom. The van der Waals surface area contributed by atoms with Crippen LogP contribution in [-0.2, 0) is 4.74 Å². The van der Waals surface area contributed by atoms with Gasteiger partial charge < -0.3 is 14.9 Å². The van der Waals surface area contributed by atoms with Crippen molar-refractivity contribution in [1.82, 2.24) is 0 Å². The highest BCUT2D eigenvalue weighted by molar-refractivity contribution is 6.31. The van der Waals surface area contributed by atoms with Crippen molar-refractivity contribution in [3.63, 3.8) is 0 Å². The highest BCUT2D eigenvalue weighted by Crippen LogP contribution is 2.28. The van der Waals surface area contributed by atoms with E-state index >= 15 is 0 Å². The van der Waals surface area contributed by atoms with E-state index in [1.165, 1.54) is 0 Å². The zero-order valence-corrected chi connectivity index (χ0v) is 8.30. The van der Waals surface area contributed by atoms with Gasteiger partial charge >= 0.3 is 0 Å². The Morgan fingerprint density at radius 2 is 1.75 bits per heavy atom. The van der Waals surface area contributed by atoms with E-state index in [0.717, 1.165) is 0 Å². The zero-order valence-electron chi connectivity index (χ0n) is 6.03. The van der Waals surface area contributed by atoms with Crippen molar-refractivity contribution < 1.29 is 14.9 Å². The second kappa shape index (κ2) is 4.31. The van der Waals surface area contributed by atoms with E-state index in [1.54, 1.807) is 0 Å². The minimum Gasteiger partial charge on any atom is -0.386 e. The molecule has 1 rings (SSSR count). The van der Waals surface area contributed by atoms with Crippen molar-refractivity contribution in [2.75, 3.05) is 5.88 Å². The van der Waals surface area contributed by atoms with Crippen LogP contribution in [0.15, 0.2) is 0 Å². The third-order valence-corrected chi connectivity index (χ3v) is 3.26. The van der Waals surface area contributed by atoms with Crippen molar-refractivity contribution in [2.24, 2.45) is 0 Å². The Bertz CT molecular complexity index is 152. The van der Waals surface area contributed by atoms with Crippen LogP contribution in [0, 0.1) is 0 Å². The summed E-state index contributed by atoms with van der Waals surface area (Å²) in [7, 11) is 0. The van der Waals surface area contributed by atoms with Gasteiger partial charge in [-0.2, -0.15) is 0 Å². The smallest absolute Gasteiger partial charge is 0.182 e. The summed E-state index contributed by atoms with van der Waals surface area (Å²) < 4.78 is 4.89. The standard InChI is InChI=1S/C6H9Cl3O3/c7-1-2-3(8)4(9)5(10)6(11)12-2/h2-6,10-11H,1H2/t2-,3+,4+,5+,6+/m0/s1. The van der Waals surface area contributed by atoms with Crippen LogP contribution in [-0.4, -0.2) is 45.3 Å². The lowest BCUT2D eigenvalue weighted by molar-refractivity contribution is -0.206. The van der Waals surface area contributed by atoms with Gasteiger partial charge in [-0.1, -0.05) is 0 Å². The molecule has 1 saturated heterocycles. The molecule has 0 bridgehead atoms. The molecule has 12 heavy (non-hydrogen) atoms. The first-order valence-electron chi connectivity index (χ1n) is 3.43. The molecule has 0 aromatic heterocycles. The Labute approximate surface area is 85.2 Å². The van der Waals surface area contributed by atoms with Crippen LogP contribution < -0.4 is 0 Å². The average Bonchev–Trinajstić information content (AvgIpc) is 2.08. The SMILES string of the molecule is O[C@@H]1[C@H](Cl)[C@H](Cl)[C@H](CCl)O[C@H]1O. The van der Waals surface area contributed by atoms with Gasteiger partial charge in [0.05, 0.1) is 22.7 Å². The van der Waals surface area contributed by atoms with Crippen LogP contribution in [0.1, 0.15) is 0 Å². The normalized spacial score (nSPS) is 49.2. The van der Waals surface area contributed by atoms with Crippen LogP contribution >= 0.6 is 34.8 Å². The van der Waals surface area contributed by atoms with E-state index in [9.17, 15) is 5.11 Å². The van der Waals surface area contributed by atoms with Gasteiger partial charge in [-0.15, -0.1) is 34.8 Å². The lowest BCUT2D eigenvalue weighted by atomic mass is 10.1. The summed E-state index contributed by atoms with van der Waals surface area (Å²) in [6.45, 7) is 0. The third-order valence-electron chi connectivity index (χ3n) is 1.74. The molecule has 0 saturated carbocycles. The molecule has 3 nitrogen and oxygen atoms in total. The van der Waals surface area contributed by atoms with Crippen LogP contribution in [0.4, 0.5) is 0 Å². The molecule has 5 atom stereocenters. The molecule has 1 aliphatic rings. The first kappa shape index (κ1) is 10.8. The molecule has 0 amide bonds. The van der Waals surface area contributed by atoms with E-state index < -0.39 is 29.3 Å². The number of hydrogen-bond acceptors (Lipinski definition) is 3. The molecule has 0 radical (unpaired) electrons. The second-order valence-corrected chi connectivity index (χ2v) is 3.92. The van der Waals surface area contributed by atoms with Crippen molar-refractivity contribution in [3.8, 4) is 0 Å². The van der Waals surface area contributed by atoms with Gasteiger partial charge in [-0.3, -0.25) is 0 Å². The molecule has 0 aromatic rings. The van der Waals surface area contributed by atoms with Crippen LogP contribution in [0.5, 0.6) is 0 Å². The highest BCUT2D eigenvalue weighted by atomic mass is 35.5.